The molecule has 0 spiro atoms. The Morgan fingerprint density at radius 1 is 0.753 bits per heavy atom. The van der Waals surface area contributed by atoms with E-state index in [2.05, 4.69) is 105 Å². The summed E-state index contributed by atoms with van der Waals surface area (Å²) in [5.41, 5.74) is 6.47. The smallest absolute Gasteiger partial charge is 0.348 e. The van der Waals surface area contributed by atoms with Crippen molar-refractivity contribution in [3.8, 4) is 22.5 Å². The molecule has 0 bridgehead atoms. The first-order chi connectivity index (χ1) is 38.9. The Morgan fingerprint density at radius 3 is 2.05 bits per heavy atom. The van der Waals surface area contributed by atoms with E-state index in [-0.39, 0.29) is 69.7 Å². The van der Waals surface area contributed by atoms with Crippen LogP contribution >= 0.6 is 23.5 Å². The molecule has 2 atom stereocenters. The molecule has 3 aromatic carbocycles. The molecule has 1 saturated heterocycles. The maximum atomic E-state index is 14.5. The van der Waals surface area contributed by atoms with Crippen molar-refractivity contribution in [2.45, 2.75) is 110 Å². The lowest BCUT2D eigenvalue weighted by Gasteiger charge is -2.35. The topological polar surface area (TPSA) is 237 Å². The first-order valence-corrected chi connectivity index (χ1v) is 32.4. The van der Waals surface area contributed by atoms with E-state index in [1.54, 1.807) is 35.8 Å². The summed E-state index contributed by atoms with van der Waals surface area (Å²) in [4.78, 5) is 72.2. The van der Waals surface area contributed by atoms with Gasteiger partial charge in [-0.05, 0) is 108 Å². The molecule has 1 aliphatic carbocycles. The molecule has 5 amide bonds. The molecule has 2 aliphatic heterocycles. The minimum absolute atomic E-state index is 0.0880. The number of hydrogen-bond acceptors (Lipinski definition) is 12. The van der Waals surface area contributed by atoms with Gasteiger partial charge in [-0.25, -0.2) is 4.58 Å². The van der Waals surface area contributed by atoms with Gasteiger partial charge in [-0.1, -0.05) is 64.8 Å². The number of unbranched alkanes of at least 4 members (excludes halogenated alkanes) is 3. The fourth-order valence-corrected chi connectivity index (χ4v) is 13.3. The van der Waals surface area contributed by atoms with Crippen LogP contribution in [0.25, 0.3) is 33.4 Å². The van der Waals surface area contributed by atoms with Gasteiger partial charge in [0.1, 0.15) is 40.8 Å². The summed E-state index contributed by atoms with van der Waals surface area (Å²) in [6.07, 6.45) is 2.50. The summed E-state index contributed by atoms with van der Waals surface area (Å²) in [6, 6.07) is 25.9. The van der Waals surface area contributed by atoms with E-state index < -0.39 is 45.9 Å². The van der Waals surface area contributed by atoms with Crippen LogP contribution in [0.2, 0.25) is 0 Å². The van der Waals surface area contributed by atoms with Crippen LogP contribution in [0.1, 0.15) is 119 Å². The molecular formula is C59H80BrN7O12PS+. The molecule has 0 saturated carbocycles. The summed E-state index contributed by atoms with van der Waals surface area (Å²) in [6.45, 7) is 17.6. The molecule has 0 aromatic heterocycles. The van der Waals surface area contributed by atoms with Crippen LogP contribution in [0, 0.1) is 0 Å². The number of fused-ring (bicyclic) bond motifs is 2. The van der Waals surface area contributed by atoms with E-state index in [0.29, 0.717) is 63.0 Å². The van der Waals surface area contributed by atoms with Gasteiger partial charge in [0.05, 0.1) is 19.3 Å². The second kappa shape index (κ2) is 30.9. The molecule has 6 rings (SSSR count). The third-order valence-corrected chi connectivity index (χ3v) is 19.3. The fourth-order valence-electron chi connectivity index (χ4n) is 10.0. The number of benzene rings is 4. The Hall–Kier alpha value is -5.96. The van der Waals surface area contributed by atoms with Crippen LogP contribution in [0.3, 0.4) is 0 Å². The lowest BCUT2D eigenvalue weighted by atomic mass is 9.90. The van der Waals surface area contributed by atoms with Gasteiger partial charge in [0.15, 0.2) is 0 Å². The van der Waals surface area contributed by atoms with Gasteiger partial charge in [-0.2, -0.15) is 8.42 Å². The maximum Gasteiger partial charge on any atom is 0.348 e. The number of carbonyl (C=O) groups is 5. The van der Waals surface area contributed by atoms with Crippen molar-refractivity contribution in [2.75, 3.05) is 82.8 Å². The average molecular weight is 1220 g/mol. The molecule has 440 valence electrons. The standard InChI is InChI=1S/C59H79BrN7O12PS/c1-7-64(8-2)44-29-31-48-51(38-44)79-52-39-45(65(9-3)10-4)30-32-49(52)56(48)46-20-15-16-21-47(46)59(72)67-36-34-66(35-37-67)55(70)24-18-17-23-54(69)63-50(41-81(74,75)76)58(71)61-33-19-13-14-22-53(68)62-40-42-25-27-43(28-26-42)57(60)80(73,77-11-5)78-12-6/h15-16,20-21,25-32,38-39,50,57H,7-14,17-19,22-24,33-37,40-41H2,1-6H3,(H3-,61,62,63,68,69,71,74,75,76)/p+1. The quantitative estimate of drug-likeness (QED) is 0.00842. The summed E-state index contributed by atoms with van der Waals surface area (Å²) >= 11 is 3.45. The van der Waals surface area contributed by atoms with Gasteiger partial charge in [0, 0.05) is 112 Å². The molecule has 4 N–H and O–H groups in total. The molecule has 19 nitrogen and oxygen atoms in total. The Morgan fingerprint density at radius 2 is 1.40 bits per heavy atom. The van der Waals surface area contributed by atoms with E-state index in [0.717, 1.165) is 76.2 Å². The van der Waals surface area contributed by atoms with Crippen molar-refractivity contribution in [1.29, 1.82) is 0 Å². The third kappa shape index (κ3) is 17.8. The average Bonchev–Trinajstić information content (AvgIpc) is 3.53. The second-order valence-electron chi connectivity index (χ2n) is 19.8. The van der Waals surface area contributed by atoms with E-state index in [4.69, 9.17) is 13.5 Å². The van der Waals surface area contributed by atoms with Crippen molar-refractivity contribution >= 4 is 79.8 Å². The summed E-state index contributed by atoms with van der Waals surface area (Å²) in [7, 11) is -8.05. The molecule has 1 fully saturated rings. The number of nitrogens with one attached hydrogen (secondary N) is 3. The summed E-state index contributed by atoms with van der Waals surface area (Å²) in [5, 5.41) is 9.84. The van der Waals surface area contributed by atoms with Gasteiger partial charge in [-0.15, -0.1) is 0 Å². The van der Waals surface area contributed by atoms with Crippen molar-refractivity contribution in [1.82, 2.24) is 30.3 Å². The summed E-state index contributed by atoms with van der Waals surface area (Å²) in [5.74, 6) is -2.11. The molecule has 0 radical (unpaired) electrons. The monoisotopic (exact) mass is 1220 g/mol. The minimum atomic E-state index is -4.65. The molecule has 2 heterocycles. The number of hydrogen-bond donors (Lipinski definition) is 4. The lowest BCUT2D eigenvalue weighted by molar-refractivity contribution is -0.133. The third-order valence-electron chi connectivity index (χ3n) is 14.4. The number of alkyl halides is 1. The van der Waals surface area contributed by atoms with Gasteiger partial charge in [0.2, 0.25) is 29.0 Å². The minimum Gasteiger partial charge on any atom is -0.456 e. The Kier molecular flexibility index (Phi) is 24.5. The second-order valence-corrected chi connectivity index (χ2v) is 25.0. The highest BCUT2D eigenvalue weighted by atomic mass is 79.9. The SMILES string of the molecule is CCOP(=O)(OCC)C(Br)c1ccc(CNC(=O)CCCCCNC(=O)C(CS(=O)(=O)O)NC(=O)CCCCC(=O)N2CCN(C(=O)c3ccccc3-c3c4ccc(=[N+](CC)CC)cc-4oc4cc(N(CC)CC)ccc34)CC2)cc1. The van der Waals surface area contributed by atoms with Crippen LogP contribution in [-0.2, 0) is 49.5 Å². The predicted octanol–water partition coefficient (Wildman–Crippen LogP) is 8.73. The molecule has 81 heavy (non-hydrogen) atoms. The highest BCUT2D eigenvalue weighted by molar-refractivity contribution is 9.10. The van der Waals surface area contributed by atoms with E-state index in [1.807, 2.05) is 36.4 Å². The van der Waals surface area contributed by atoms with Gasteiger partial charge < -0.3 is 44.1 Å². The van der Waals surface area contributed by atoms with E-state index in [9.17, 15) is 41.5 Å². The molecule has 22 heteroatoms. The van der Waals surface area contributed by atoms with Gasteiger partial charge >= 0.3 is 7.60 Å². The van der Waals surface area contributed by atoms with E-state index >= 15 is 0 Å². The van der Waals surface area contributed by atoms with Crippen LogP contribution in [0.4, 0.5) is 5.69 Å². The number of halogens is 1. The van der Waals surface area contributed by atoms with Crippen LogP contribution in [0.15, 0.2) is 89.3 Å². The number of anilines is 1. The molecular weight excluding hydrogens is 1140 g/mol. The molecule has 3 aromatic rings. The number of rotatable bonds is 30. The highest BCUT2D eigenvalue weighted by Crippen LogP contribution is 2.64. The Bertz CT molecular complexity index is 3150. The Labute approximate surface area is 484 Å². The van der Waals surface area contributed by atoms with Crippen molar-refractivity contribution in [3.05, 3.63) is 107 Å². The Balaban J connectivity index is 0.942. The van der Waals surface area contributed by atoms with Crippen LogP contribution in [-0.4, -0.2) is 136 Å². The largest absolute Gasteiger partial charge is 0.456 e. The van der Waals surface area contributed by atoms with Crippen molar-refractivity contribution < 1.29 is 55.0 Å². The number of nitrogens with zero attached hydrogens (tertiary/aromatic N) is 4. The number of amides is 5. The van der Waals surface area contributed by atoms with Crippen molar-refractivity contribution in [2.24, 2.45) is 0 Å². The summed E-state index contributed by atoms with van der Waals surface area (Å²) < 4.78 is 65.5. The number of piperazine rings is 1. The lowest BCUT2D eigenvalue weighted by Crippen LogP contribution is -2.50. The van der Waals surface area contributed by atoms with Crippen LogP contribution in [0.5, 0.6) is 0 Å². The normalized spacial score (nSPS) is 13.7. The molecule has 2 unspecified atom stereocenters. The first-order valence-electron chi connectivity index (χ1n) is 28.3. The van der Waals surface area contributed by atoms with Gasteiger partial charge in [0.25, 0.3) is 16.0 Å². The van der Waals surface area contributed by atoms with Crippen LogP contribution < -0.4 is 30.8 Å². The fraction of sp³-hybridized carbons (Fsp3) is 0.492. The zero-order valence-corrected chi connectivity index (χ0v) is 50.8. The molecule has 3 aliphatic rings. The zero-order valence-electron chi connectivity index (χ0n) is 47.5. The van der Waals surface area contributed by atoms with E-state index in [1.165, 1.54) is 0 Å². The van der Waals surface area contributed by atoms with Gasteiger partial charge in [-0.3, -0.25) is 33.1 Å². The van der Waals surface area contributed by atoms with Crippen molar-refractivity contribution in [3.63, 3.8) is 0 Å². The number of carbonyl (C=O) groups excluding carboxylic acids is 5. The highest BCUT2D eigenvalue weighted by Gasteiger charge is 2.35. The zero-order chi connectivity index (χ0) is 58.7. The maximum absolute atomic E-state index is 14.5. The predicted molar refractivity (Wildman–Crippen MR) is 320 cm³/mol. The first kappa shape index (κ1) is 64.2.